The van der Waals surface area contributed by atoms with Gasteiger partial charge in [-0.3, -0.25) is 4.79 Å². The van der Waals surface area contributed by atoms with E-state index in [1.807, 2.05) is 11.0 Å². The first-order chi connectivity index (χ1) is 15.0. The van der Waals surface area contributed by atoms with Gasteiger partial charge in [-0.2, -0.15) is 13.2 Å². The van der Waals surface area contributed by atoms with Crippen molar-refractivity contribution in [1.82, 2.24) is 4.90 Å². The number of benzene rings is 2. The fraction of sp³-hybridized carbons (Fsp3) is 0.500. The summed E-state index contributed by atoms with van der Waals surface area (Å²) in [4.78, 5) is 15.3. The second-order valence-corrected chi connectivity index (χ2v) is 9.75. The maximum Gasteiger partial charge on any atom is 0.421 e. The number of nitrogens with zero attached hydrogens (tertiary/aromatic N) is 1. The van der Waals surface area contributed by atoms with E-state index in [4.69, 9.17) is 0 Å². The van der Waals surface area contributed by atoms with E-state index in [0.29, 0.717) is 5.56 Å². The smallest absolute Gasteiger partial charge is 0.376 e. The number of alkyl halides is 3. The van der Waals surface area contributed by atoms with E-state index in [0.717, 1.165) is 45.4 Å². The zero-order chi connectivity index (χ0) is 23.1. The maximum absolute atomic E-state index is 13.4. The fourth-order valence-electron chi connectivity index (χ4n) is 4.88. The van der Waals surface area contributed by atoms with Crippen LogP contribution < -0.4 is 0 Å². The van der Waals surface area contributed by atoms with E-state index in [9.17, 15) is 23.1 Å². The number of hydrogen-bond donors (Lipinski definition) is 1. The molecule has 0 radical (unpaired) electrons. The molecule has 2 aromatic rings. The molecule has 0 spiro atoms. The van der Waals surface area contributed by atoms with Crippen LogP contribution in [0.4, 0.5) is 13.2 Å². The molecular formula is C26H30F3NO2. The number of aliphatic hydroxyl groups is 1. The van der Waals surface area contributed by atoms with Crippen molar-refractivity contribution in [2.24, 2.45) is 0 Å². The summed E-state index contributed by atoms with van der Waals surface area (Å²) in [5, 5.41) is 9.89. The first-order valence-electron chi connectivity index (χ1n) is 11.3. The Bertz CT molecular complexity index is 941. The van der Waals surface area contributed by atoms with Crippen LogP contribution in [0.3, 0.4) is 0 Å². The quantitative estimate of drug-likeness (QED) is 0.617. The van der Waals surface area contributed by atoms with Gasteiger partial charge in [0.05, 0.1) is 0 Å². The Morgan fingerprint density at radius 3 is 1.97 bits per heavy atom. The van der Waals surface area contributed by atoms with Crippen LogP contribution in [0, 0.1) is 0 Å². The number of halogens is 3. The third kappa shape index (κ3) is 4.29. The highest BCUT2D eigenvalue weighted by molar-refractivity contribution is 5.95. The van der Waals surface area contributed by atoms with Gasteiger partial charge in [-0.1, -0.05) is 49.4 Å². The van der Waals surface area contributed by atoms with E-state index in [-0.39, 0.29) is 29.0 Å². The minimum atomic E-state index is -4.79. The van der Waals surface area contributed by atoms with Crippen LogP contribution in [0.2, 0.25) is 0 Å². The number of hydrogen-bond acceptors (Lipinski definition) is 2. The average molecular weight is 446 g/mol. The molecule has 2 aliphatic carbocycles. The molecule has 0 bridgehead atoms. The molecule has 2 fully saturated rings. The molecule has 6 heteroatoms. The number of carbonyl (C=O) groups is 1. The molecule has 2 saturated carbocycles. The topological polar surface area (TPSA) is 40.5 Å². The SMILES string of the molecule is C[C@](O)(c1ccc(C(=O)N(C2CC2)[C@H]2CC[C@@](C)(c3ccccc3)CC2)cc1)C(F)(F)F. The van der Waals surface area contributed by atoms with Gasteiger partial charge in [0.25, 0.3) is 5.91 Å². The summed E-state index contributed by atoms with van der Waals surface area (Å²) in [6, 6.07) is 16.1. The Morgan fingerprint density at radius 1 is 0.938 bits per heavy atom. The summed E-state index contributed by atoms with van der Waals surface area (Å²) in [7, 11) is 0. The molecule has 0 heterocycles. The molecule has 1 atom stereocenters. The molecule has 2 aliphatic rings. The third-order valence-electron chi connectivity index (χ3n) is 7.34. The second kappa shape index (κ2) is 8.22. The summed E-state index contributed by atoms with van der Waals surface area (Å²) in [6.07, 6.45) is 0.963. The molecule has 32 heavy (non-hydrogen) atoms. The van der Waals surface area contributed by atoms with Crippen molar-refractivity contribution < 1.29 is 23.1 Å². The molecule has 0 aromatic heterocycles. The van der Waals surface area contributed by atoms with Crippen LogP contribution in [-0.2, 0) is 11.0 Å². The van der Waals surface area contributed by atoms with Crippen molar-refractivity contribution in [3.05, 3.63) is 71.3 Å². The van der Waals surface area contributed by atoms with Crippen LogP contribution in [0.5, 0.6) is 0 Å². The van der Waals surface area contributed by atoms with Gasteiger partial charge in [0.15, 0.2) is 5.60 Å². The van der Waals surface area contributed by atoms with Gasteiger partial charge in [-0.25, -0.2) is 0 Å². The normalized spacial score (nSPS) is 25.8. The van der Waals surface area contributed by atoms with Crippen molar-refractivity contribution in [2.45, 2.75) is 81.6 Å². The molecule has 172 valence electrons. The zero-order valence-electron chi connectivity index (χ0n) is 18.5. The van der Waals surface area contributed by atoms with E-state index < -0.39 is 11.8 Å². The molecule has 0 saturated heterocycles. The van der Waals surface area contributed by atoms with Gasteiger partial charge in [0.2, 0.25) is 0 Å². The monoisotopic (exact) mass is 445 g/mol. The highest BCUT2D eigenvalue weighted by atomic mass is 19.4. The molecular weight excluding hydrogens is 415 g/mol. The Labute approximate surface area is 187 Å². The lowest BCUT2D eigenvalue weighted by Crippen LogP contribution is -2.46. The molecule has 0 aliphatic heterocycles. The fourth-order valence-corrected chi connectivity index (χ4v) is 4.88. The second-order valence-electron chi connectivity index (χ2n) is 9.75. The Kier molecular flexibility index (Phi) is 5.86. The highest BCUT2D eigenvalue weighted by Crippen LogP contribution is 2.43. The summed E-state index contributed by atoms with van der Waals surface area (Å²) in [5.41, 5.74) is -1.42. The van der Waals surface area contributed by atoms with Crippen LogP contribution in [0.1, 0.15) is 73.9 Å². The number of carbonyl (C=O) groups excluding carboxylic acids is 1. The minimum absolute atomic E-state index is 0.0981. The number of rotatable bonds is 5. The predicted molar refractivity (Wildman–Crippen MR) is 117 cm³/mol. The van der Waals surface area contributed by atoms with Gasteiger partial charge < -0.3 is 10.0 Å². The zero-order valence-corrected chi connectivity index (χ0v) is 18.5. The van der Waals surface area contributed by atoms with E-state index in [1.54, 1.807) is 0 Å². The average Bonchev–Trinajstić information content (AvgIpc) is 3.60. The van der Waals surface area contributed by atoms with Gasteiger partial charge in [-0.15, -0.1) is 0 Å². The Balaban J connectivity index is 1.49. The van der Waals surface area contributed by atoms with Gasteiger partial charge in [0.1, 0.15) is 0 Å². The van der Waals surface area contributed by atoms with Gasteiger partial charge in [-0.05, 0) is 74.1 Å². The van der Waals surface area contributed by atoms with Crippen molar-refractivity contribution >= 4 is 5.91 Å². The van der Waals surface area contributed by atoms with Crippen molar-refractivity contribution in [3.63, 3.8) is 0 Å². The Morgan fingerprint density at radius 2 is 1.47 bits per heavy atom. The van der Waals surface area contributed by atoms with Crippen LogP contribution >= 0.6 is 0 Å². The maximum atomic E-state index is 13.4. The molecule has 2 aromatic carbocycles. The van der Waals surface area contributed by atoms with Crippen LogP contribution in [-0.4, -0.2) is 34.2 Å². The lowest BCUT2D eigenvalue weighted by Gasteiger charge is -2.42. The summed E-state index contributed by atoms with van der Waals surface area (Å²) < 4.78 is 39.4. The van der Waals surface area contributed by atoms with Crippen LogP contribution in [0.15, 0.2) is 54.6 Å². The van der Waals surface area contributed by atoms with Crippen molar-refractivity contribution in [2.75, 3.05) is 0 Å². The summed E-state index contributed by atoms with van der Waals surface area (Å²) in [5.74, 6) is -0.126. The number of amides is 1. The van der Waals surface area contributed by atoms with E-state index in [1.165, 1.54) is 29.8 Å². The predicted octanol–water partition coefficient (Wildman–Crippen LogP) is 5.96. The molecule has 1 N–H and O–H groups in total. The molecule has 3 nitrogen and oxygen atoms in total. The van der Waals surface area contributed by atoms with Gasteiger partial charge in [0, 0.05) is 17.6 Å². The lowest BCUT2D eigenvalue weighted by atomic mass is 9.69. The van der Waals surface area contributed by atoms with Gasteiger partial charge >= 0.3 is 6.18 Å². The summed E-state index contributed by atoms with van der Waals surface area (Å²) >= 11 is 0. The first kappa shape index (κ1) is 22.8. The largest absolute Gasteiger partial charge is 0.421 e. The van der Waals surface area contributed by atoms with Crippen molar-refractivity contribution in [1.29, 1.82) is 0 Å². The van der Waals surface area contributed by atoms with E-state index >= 15 is 0 Å². The summed E-state index contributed by atoms with van der Waals surface area (Å²) in [6.45, 7) is 3.01. The molecule has 4 rings (SSSR count). The highest BCUT2D eigenvalue weighted by Gasteiger charge is 2.51. The molecule has 0 unspecified atom stereocenters. The lowest BCUT2D eigenvalue weighted by molar-refractivity contribution is -0.258. The van der Waals surface area contributed by atoms with Crippen molar-refractivity contribution in [3.8, 4) is 0 Å². The molecule has 1 amide bonds. The third-order valence-corrected chi connectivity index (χ3v) is 7.34. The van der Waals surface area contributed by atoms with Crippen LogP contribution in [0.25, 0.3) is 0 Å². The van der Waals surface area contributed by atoms with E-state index in [2.05, 4.69) is 31.2 Å². The minimum Gasteiger partial charge on any atom is -0.376 e. The Hall–Kier alpha value is -2.34. The first-order valence-corrected chi connectivity index (χ1v) is 11.3. The standard InChI is InChI=1S/C26H30F3NO2/c1-24(19-6-4-3-5-7-19)16-14-22(15-17-24)30(21-12-13-21)23(31)18-8-10-20(11-9-18)25(2,32)26(27,28)29/h3-11,21-22,32H,12-17H2,1-2H3/t22-,24+,25-/m0/s1.